The fraction of sp³-hybridized carbons (Fsp3) is 0.143. The quantitative estimate of drug-likeness (QED) is 0.260. The predicted octanol–water partition coefficient (Wildman–Crippen LogP) is 6.20. The van der Waals surface area contributed by atoms with Crippen LogP contribution in [0.3, 0.4) is 0 Å². The number of aromatic nitrogens is 3. The summed E-state index contributed by atoms with van der Waals surface area (Å²) in [5.74, 6) is 0.504. The van der Waals surface area contributed by atoms with Gasteiger partial charge in [0.15, 0.2) is 11.7 Å². The van der Waals surface area contributed by atoms with Crippen molar-refractivity contribution < 1.29 is 35.8 Å². The molecule has 3 aromatic carbocycles. The number of rotatable bonds is 6. The predicted molar refractivity (Wildman–Crippen MR) is 141 cm³/mol. The van der Waals surface area contributed by atoms with Crippen molar-refractivity contribution in [1.82, 2.24) is 14.8 Å². The lowest BCUT2D eigenvalue weighted by Gasteiger charge is -2.13. The minimum absolute atomic E-state index is 0.206. The molecule has 0 aliphatic heterocycles. The molecule has 8 nitrogen and oxygen atoms in total. The fourth-order valence-corrected chi connectivity index (χ4v) is 4.12. The molecule has 5 aromatic rings. The molecule has 0 bridgehead atoms. The van der Waals surface area contributed by atoms with E-state index >= 15 is 0 Å². The van der Waals surface area contributed by atoms with Gasteiger partial charge in [0, 0.05) is 24.2 Å². The topological polar surface area (TPSA) is 107 Å². The normalized spacial score (nSPS) is 11.1. The number of hydrogen-bond acceptors (Lipinski definition) is 7. The van der Waals surface area contributed by atoms with Crippen molar-refractivity contribution in [2.45, 2.75) is 26.8 Å². The van der Waals surface area contributed by atoms with Gasteiger partial charge >= 0.3 is 17.9 Å². The SMILES string of the molecule is Cc1cccc(-c2ccc(-n3ccc(CO)n3)c(-c3oc(C)nc3-c3ccc(OC(F)(F)F)cc3)c2)c1.O=S=O. The minimum Gasteiger partial charge on any atom is -0.440 e. The van der Waals surface area contributed by atoms with E-state index in [4.69, 9.17) is 12.8 Å². The monoisotopic (exact) mass is 569 g/mol. The Balaban J connectivity index is 0.00000118. The van der Waals surface area contributed by atoms with Gasteiger partial charge < -0.3 is 14.3 Å². The summed E-state index contributed by atoms with van der Waals surface area (Å²) < 4.78 is 66.1. The van der Waals surface area contributed by atoms with E-state index in [9.17, 15) is 18.3 Å². The van der Waals surface area contributed by atoms with Crippen LogP contribution in [0.25, 0.3) is 39.4 Å². The van der Waals surface area contributed by atoms with E-state index < -0.39 is 17.9 Å². The zero-order chi connectivity index (χ0) is 28.9. The van der Waals surface area contributed by atoms with E-state index in [1.54, 1.807) is 23.9 Å². The third-order valence-electron chi connectivity index (χ3n) is 5.74. The molecule has 2 heterocycles. The van der Waals surface area contributed by atoms with Gasteiger partial charge in [-0.05, 0) is 60.5 Å². The number of benzene rings is 3. The van der Waals surface area contributed by atoms with Gasteiger partial charge in [-0.3, -0.25) is 0 Å². The molecular weight excluding hydrogens is 547 g/mol. The van der Waals surface area contributed by atoms with Gasteiger partial charge in [-0.25, -0.2) is 9.67 Å². The van der Waals surface area contributed by atoms with Gasteiger partial charge in [-0.2, -0.15) is 13.5 Å². The molecule has 0 radical (unpaired) electrons. The van der Waals surface area contributed by atoms with Crippen molar-refractivity contribution >= 4 is 11.6 Å². The Kier molecular flexibility index (Phi) is 8.61. The summed E-state index contributed by atoms with van der Waals surface area (Å²) in [5.41, 5.74) is 5.95. The first-order valence-corrected chi connectivity index (χ1v) is 12.4. The van der Waals surface area contributed by atoms with Crippen LogP contribution >= 0.6 is 0 Å². The molecular formula is C28H22F3N3O5S. The molecule has 1 N–H and O–H groups in total. The highest BCUT2D eigenvalue weighted by molar-refractivity contribution is 7.51. The van der Waals surface area contributed by atoms with Crippen LogP contribution in [0.5, 0.6) is 5.75 Å². The lowest BCUT2D eigenvalue weighted by Crippen LogP contribution is -2.16. The van der Waals surface area contributed by atoms with Gasteiger partial charge in [-0.15, -0.1) is 13.2 Å². The van der Waals surface area contributed by atoms with Crippen molar-refractivity contribution in [3.63, 3.8) is 0 Å². The average molecular weight is 570 g/mol. The standard InChI is InChI=1S/C28H22F3N3O3.O2S/c1-17-4-3-5-20(14-17)21-8-11-25(34-13-12-22(16-35)33-34)24(15-21)27-26(32-18(2)36-27)19-6-9-23(10-7-19)37-28(29,30)31;1-3-2/h3-15,35H,16H2,1-2H3;. The summed E-state index contributed by atoms with van der Waals surface area (Å²) in [4.78, 5) is 4.53. The summed E-state index contributed by atoms with van der Waals surface area (Å²) >= 11 is -0.750. The number of hydrogen-bond donors (Lipinski definition) is 1. The molecule has 206 valence electrons. The van der Waals surface area contributed by atoms with Gasteiger partial charge in [0.2, 0.25) is 0 Å². The van der Waals surface area contributed by atoms with Gasteiger partial charge in [0.1, 0.15) is 11.4 Å². The summed E-state index contributed by atoms with van der Waals surface area (Å²) in [7, 11) is 0. The maximum Gasteiger partial charge on any atom is 0.573 e. The maximum absolute atomic E-state index is 12.6. The highest BCUT2D eigenvalue weighted by Crippen LogP contribution is 2.39. The maximum atomic E-state index is 12.6. The van der Waals surface area contributed by atoms with Gasteiger partial charge in [0.05, 0.1) is 18.0 Å². The average Bonchev–Trinajstić information content (AvgIpc) is 3.55. The molecule has 0 saturated carbocycles. The van der Waals surface area contributed by atoms with Crippen molar-refractivity contribution in [1.29, 1.82) is 0 Å². The van der Waals surface area contributed by atoms with Crippen molar-refractivity contribution in [3.05, 3.63) is 96.1 Å². The molecule has 0 spiro atoms. The zero-order valence-corrected chi connectivity index (χ0v) is 22.0. The molecule has 2 aromatic heterocycles. The Labute approximate surface area is 230 Å². The van der Waals surface area contributed by atoms with Gasteiger partial charge in [-0.1, -0.05) is 35.9 Å². The van der Waals surface area contributed by atoms with Crippen LogP contribution < -0.4 is 4.74 Å². The van der Waals surface area contributed by atoms with Crippen LogP contribution in [-0.2, 0) is 18.2 Å². The molecule has 0 aliphatic rings. The van der Waals surface area contributed by atoms with Gasteiger partial charge in [0.25, 0.3) is 0 Å². The molecule has 40 heavy (non-hydrogen) atoms. The number of ether oxygens (including phenoxy) is 1. The van der Waals surface area contributed by atoms with Crippen LogP contribution in [-0.4, -0.2) is 34.7 Å². The Morgan fingerprint density at radius 2 is 1.62 bits per heavy atom. The lowest BCUT2D eigenvalue weighted by molar-refractivity contribution is -0.274. The number of alkyl halides is 3. The smallest absolute Gasteiger partial charge is 0.440 e. The first-order chi connectivity index (χ1) is 19.1. The molecule has 0 saturated heterocycles. The summed E-state index contributed by atoms with van der Waals surface area (Å²) in [6.07, 6.45) is -3.04. The second-order valence-electron chi connectivity index (χ2n) is 8.56. The van der Waals surface area contributed by atoms with Crippen LogP contribution in [0.2, 0.25) is 0 Å². The Hall–Kier alpha value is -4.55. The molecule has 12 heteroatoms. The second kappa shape index (κ2) is 12.1. The molecule has 0 fully saturated rings. The van der Waals surface area contributed by atoms with E-state index in [0.717, 1.165) is 16.7 Å². The van der Waals surface area contributed by atoms with Crippen LogP contribution in [0.4, 0.5) is 13.2 Å². The molecule has 0 atom stereocenters. The lowest BCUT2D eigenvalue weighted by atomic mass is 9.97. The zero-order valence-electron chi connectivity index (χ0n) is 21.2. The summed E-state index contributed by atoms with van der Waals surface area (Å²) in [6.45, 7) is 3.52. The van der Waals surface area contributed by atoms with Crippen molar-refractivity contribution in [2.75, 3.05) is 0 Å². The van der Waals surface area contributed by atoms with Crippen molar-refractivity contribution in [2.24, 2.45) is 0 Å². The van der Waals surface area contributed by atoms with E-state index in [2.05, 4.69) is 20.9 Å². The highest BCUT2D eigenvalue weighted by Gasteiger charge is 2.31. The number of aliphatic hydroxyl groups is 1. The summed E-state index contributed by atoms with van der Waals surface area (Å²) in [5, 5.41) is 13.9. The number of aliphatic hydroxyl groups excluding tert-OH is 1. The van der Waals surface area contributed by atoms with E-state index in [-0.39, 0.29) is 12.4 Å². The van der Waals surface area contributed by atoms with E-state index in [1.165, 1.54) is 24.3 Å². The Bertz CT molecular complexity index is 1660. The Morgan fingerprint density at radius 3 is 2.25 bits per heavy atom. The largest absolute Gasteiger partial charge is 0.573 e. The first kappa shape index (κ1) is 28.5. The molecule has 0 unspecified atom stereocenters. The molecule has 5 rings (SSSR count). The van der Waals surface area contributed by atoms with Crippen molar-refractivity contribution in [3.8, 4) is 45.1 Å². The van der Waals surface area contributed by atoms with E-state index in [0.29, 0.717) is 39.9 Å². The number of nitrogens with zero attached hydrogens (tertiary/aromatic N) is 3. The highest BCUT2D eigenvalue weighted by atomic mass is 32.1. The number of aryl methyl sites for hydroxylation is 2. The van der Waals surface area contributed by atoms with Crippen LogP contribution in [0.15, 0.2) is 83.4 Å². The fourth-order valence-electron chi connectivity index (χ4n) is 4.12. The molecule has 0 amide bonds. The number of halogens is 3. The third-order valence-corrected chi connectivity index (χ3v) is 5.74. The third kappa shape index (κ3) is 6.71. The van der Waals surface area contributed by atoms with Crippen LogP contribution in [0, 0.1) is 13.8 Å². The molecule has 0 aliphatic carbocycles. The van der Waals surface area contributed by atoms with Crippen LogP contribution in [0.1, 0.15) is 17.1 Å². The Morgan fingerprint density at radius 1 is 0.950 bits per heavy atom. The first-order valence-electron chi connectivity index (χ1n) is 11.7. The second-order valence-corrected chi connectivity index (χ2v) is 8.70. The van der Waals surface area contributed by atoms with E-state index in [1.807, 2.05) is 43.3 Å². The number of oxazole rings is 1. The minimum atomic E-state index is -4.78. The summed E-state index contributed by atoms with van der Waals surface area (Å²) in [6, 6.07) is 21.1.